The number of esters is 1. The highest BCUT2D eigenvalue weighted by Crippen LogP contribution is 2.09. The maximum Gasteiger partial charge on any atom is 0.337 e. The van der Waals surface area contributed by atoms with Crippen LogP contribution in [0.3, 0.4) is 0 Å². The lowest BCUT2D eigenvalue weighted by molar-refractivity contribution is 0.0600. The predicted molar refractivity (Wildman–Crippen MR) is 74.1 cm³/mol. The molecule has 1 rings (SSSR count). The molecular formula is C15H17NO3. The summed E-state index contributed by atoms with van der Waals surface area (Å²) >= 11 is 0. The number of methoxy groups -OCH3 is 1. The summed E-state index contributed by atoms with van der Waals surface area (Å²) in [5.41, 5.74) is 0.925. The minimum Gasteiger partial charge on any atom is -0.465 e. The molecule has 0 spiro atoms. The van der Waals surface area contributed by atoms with Gasteiger partial charge in [0.05, 0.1) is 12.7 Å². The predicted octanol–water partition coefficient (Wildman–Crippen LogP) is 2.29. The highest BCUT2D eigenvalue weighted by Gasteiger charge is 2.14. The molecule has 0 fully saturated rings. The summed E-state index contributed by atoms with van der Waals surface area (Å²) in [7, 11) is 1.32. The number of carbonyl (C=O) groups is 2. The normalized spacial score (nSPS) is 9.53. The second kappa shape index (κ2) is 7.16. The van der Waals surface area contributed by atoms with Gasteiger partial charge in [0, 0.05) is 18.7 Å². The van der Waals surface area contributed by atoms with Gasteiger partial charge in [-0.3, -0.25) is 4.79 Å². The average Bonchev–Trinajstić information content (AvgIpc) is 2.45. The zero-order valence-corrected chi connectivity index (χ0v) is 11.0. The van der Waals surface area contributed by atoms with Crippen molar-refractivity contribution in [1.82, 2.24) is 4.90 Å². The van der Waals surface area contributed by atoms with E-state index < -0.39 is 5.97 Å². The fraction of sp³-hybridized carbons (Fsp3) is 0.200. The molecule has 0 aliphatic carbocycles. The Labute approximate surface area is 113 Å². The van der Waals surface area contributed by atoms with Gasteiger partial charge in [-0.2, -0.15) is 0 Å². The molecule has 0 N–H and O–H groups in total. The zero-order chi connectivity index (χ0) is 14.3. The number of nitrogens with zero attached hydrogens (tertiary/aromatic N) is 1. The SMILES string of the molecule is C=CCN(CC=C)C(=O)c1ccc(C(=O)OC)cc1. The molecule has 0 saturated heterocycles. The smallest absolute Gasteiger partial charge is 0.337 e. The molecular weight excluding hydrogens is 242 g/mol. The van der Waals surface area contributed by atoms with E-state index in [1.807, 2.05) is 0 Å². The van der Waals surface area contributed by atoms with Crippen molar-refractivity contribution in [1.29, 1.82) is 0 Å². The van der Waals surface area contributed by atoms with Crippen molar-refractivity contribution in [2.75, 3.05) is 20.2 Å². The van der Waals surface area contributed by atoms with Crippen molar-refractivity contribution < 1.29 is 14.3 Å². The molecule has 0 heterocycles. The first-order valence-corrected chi connectivity index (χ1v) is 5.83. The van der Waals surface area contributed by atoms with Gasteiger partial charge in [-0.05, 0) is 24.3 Å². The van der Waals surface area contributed by atoms with E-state index in [2.05, 4.69) is 17.9 Å². The lowest BCUT2D eigenvalue weighted by Crippen LogP contribution is -2.31. The number of carbonyl (C=O) groups excluding carboxylic acids is 2. The Kier molecular flexibility index (Phi) is 5.54. The van der Waals surface area contributed by atoms with Crippen LogP contribution in [0.15, 0.2) is 49.6 Å². The molecule has 0 unspecified atom stereocenters. The van der Waals surface area contributed by atoms with Crippen molar-refractivity contribution in [2.45, 2.75) is 0 Å². The van der Waals surface area contributed by atoms with Crippen LogP contribution in [0.25, 0.3) is 0 Å². The Morgan fingerprint density at radius 1 is 1.11 bits per heavy atom. The molecule has 0 bridgehead atoms. The largest absolute Gasteiger partial charge is 0.465 e. The first kappa shape index (κ1) is 14.7. The molecule has 0 radical (unpaired) electrons. The highest BCUT2D eigenvalue weighted by atomic mass is 16.5. The van der Waals surface area contributed by atoms with Gasteiger partial charge < -0.3 is 9.64 Å². The van der Waals surface area contributed by atoms with E-state index in [-0.39, 0.29) is 5.91 Å². The summed E-state index contributed by atoms with van der Waals surface area (Å²) < 4.78 is 4.60. The number of hydrogen-bond donors (Lipinski definition) is 0. The number of hydrogen-bond acceptors (Lipinski definition) is 3. The zero-order valence-electron chi connectivity index (χ0n) is 11.0. The molecule has 4 heteroatoms. The lowest BCUT2D eigenvalue weighted by atomic mass is 10.1. The second-order valence-electron chi connectivity index (χ2n) is 3.86. The van der Waals surface area contributed by atoms with Crippen LogP contribution in [0, 0.1) is 0 Å². The molecule has 0 aromatic heterocycles. The van der Waals surface area contributed by atoms with Gasteiger partial charge in [-0.1, -0.05) is 12.2 Å². The standard InChI is InChI=1S/C15H17NO3/c1-4-10-16(11-5-2)14(17)12-6-8-13(9-7-12)15(18)19-3/h4-9H,1-2,10-11H2,3H3. The van der Waals surface area contributed by atoms with Gasteiger partial charge >= 0.3 is 5.97 Å². The van der Waals surface area contributed by atoms with Crippen molar-refractivity contribution in [3.8, 4) is 0 Å². The second-order valence-corrected chi connectivity index (χ2v) is 3.86. The maximum absolute atomic E-state index is 12.2. The van der Waals surface area contributed by atoms with Crippen molar-refractivity contribution in [3.63, 3.8) is 0 Å². The first-order chi connectivity index (χ1) is 9.13. The van der Waals surface area contributed by atoms with Gasteiger partial charge in [-0.25, -0.2) is 4.79 Å². The van der Waals surface area contributed by atoms with E-state index in [1.165, 1.54) is 7.11 Å². The maximum atomic E-state index is 12.2. The Morgan fingerprint density at radius 2 is 1.58 bits per heavy atom. The van der Waals surface area contributed by atoms with Crippen LogP contribution in [0.2, 0.25) is 0 Å². The monoisotopic (exact) mass is 259 g/mol. The Hall–Kier alpha value is -2.36. The van der Waals surface area contributed by atoms with Crippen molar-refractivity contribution in [2.24, 2.45) is 0 Å². The molecule has 0 atom stereocenters. The molecule has 100 valence electrons. The molecule has 1 aromatic carbocycles. The molecule has 19 heavy (non-hydrogen) atoms. The minimum atomic E-state index is -0.423. The quantitative estimate of drug-likeness (QED) is 0.581. The molecule has 0 saturated carbocycles. The van der Waals surface area contributed by atoms with Gasteiger partial charge in [0.25, 0.3) is 5.91 Å². The van der Waals surface area contributed by atoms with Gasteiger partial charge in [0.2, 0.25) is 0 Å². The Balaban J connectivity index is 2.89. The molecule has 1 amide bonds. The van der Waals surface area contributed by atoms with E-state index in [1.54, 1.807) is 41.3 Å². The van der Waals surface area contributed by atoms with Gasteiger partial charge in [0.1, 0.15) is 0 Å². The lowest BCUT2D eigenvalue weighted by Gasteiger charge is -2.19. The van der Waals surface area contributed by atoms with E-state index >= 15 is 0 Å². The fourth-order valence-electron chi connectivity index (χ4n) is 1.60. The van der Waals surface area contributed by atoms with Crippen LogP contribution in [0.4, 0.5) is 0 Å². The average molecular weight is 259 g/mol. The van der Waals surface area contributed by atoms with Crippen LogP contribution < -0.4 is 0 Å². The van der Waals surface area contributed by atoms with Crippen LogP contribution in [0.1, 0.15) is 20.7 Å². The highest BCUT2D eigenvalue weighted by molar-refractivity contribution is 5.96. The van der Waals surface area contributed by atoms with Crippen LogP contribution in [-0.2, 0) is 4.74 Å². The third-order valence-electron chi connectivity index (χ3n) is 2.54. The van der Waals surface area contributed by atoms with Crippen LogP contribution in [0.5, 0.6) is 0 Å². The number of benzene rings is 1. The topological polar surface area (TPSA) is 46.6 Å². The first-order valence-electron chi connectivity index (χ1n) is 5.83. The van der Waals surface area contributed by atoms with Crippen LogP contribution in [-0.4, -0.2) is 37.0 Å². The summed E-state index contributed by atoms with van der Waals surface area (Å²) in [4.78, 5) is 25.1. The number of ether oxygens (including phenoxy) is 1. The molecule has 0 aliphatic heterocycles. The fourth-order valence-corrected chi connectivity index (χ4v) is 1.60. The van der Waals surface area contributed by atoms with Crippen molar-refractivity contribution in [3.05, 3.63) is 60.7 Å². The summed E-state index contributed by atoms with van der Waals surface area (Å²) in [5.74, 6) is -0.552. The van der Waals surface area contributed by atoms with E-state index in [4.69, 9.17) is 0 Å². The van der Waals surface area contributed by atoms with Crippen molar-refractivity contribution >= 4 is 11.9 Å². The Morgan fingerprint density at radius 3 is 2.00 bits per heavy atom. The third kappa shape index (κ3) is 3.81. The Bertz CT molecular complexity index is 467. The summed E-state index contributed by atoms with van der Waals surface area (Å²) in [6.07, 6.45) is 3.31. The minimum absolute atomic E-state index is 0.129. The summed E-state index contributed by atoms with van der Waals surface area (Å²) in [6, 6.07) is 6.35. The van der Waals surface area contributed by atoms with Crippen LogP contribution >= 0.6 is 0 Å². The molecule has 0 aliphatic rings. The van der Waals surface area contributed by atoms with E-state index in [9.17, 15) is 9.59 Å². The van der Waals surface area contributed by atoms with Gasteiger partial charge in [0.15, 0.2) is 0 Å². The molecule has 1 aromatic rings. The third-order valence-corrected chi connectivity index (χ3v) is 2.54. The molecule has 4 nitrogen and oxygen atoms in total. The summed E-state index contributed by atoms with van der Waals surface area (Å²) in [5, 5.41) is 0. The van der Waals surface area contributed by atoms with Gasteiger partial charge in [-0.15, -0.1) is 13.2 Å². The number of rotatable bonds is 6. The van der Waals surface area contributed by atoms with E-state index in [0.717, 1.165) is 0 Å². The number of amides is 1. The van der Waals surface area contributed by atoms with E-state index in [0.29, 0.717) is 24.2 Å². The summed E-state index contributed by atoms with van der Waals surface area (Å²) in [6.45, 7) is 8.13.